The van der Waals surface area contributed by atoms with E-state index in [2.05, 4.69) is 5.32 Å². The molecule has 0 radical (unpaired) electrons. The highest BCUT2D eigenvalue weighted by Gasteiger charge is 2.18. The van der Waals surface area contributed by atoms with Crippen LogP contribution < -0.4 is 10.1 Å². The van der Waals surface area contributed by atoms with Gasteiger partial charge < -0.3 is 10.1 Å². The molecule has 9 heteroatoms. The van der Waals surface area contributed by atoms with E-state index in [-0.39, 0.29) is 33.5 Å². The van der Waals surface area contributed by atoms with Crippen LogP contribution in [0.15, 0.2) is 41.3 Å². The van der Waals surface area contributed by atoms with Crippen molar-refractivity contribution in [2.45, 2.75) is 11.8 Å². The van der Waals surface area contributed by atoms with Gasteiger partial charge in [0.05, 0.1) is 16.7 Å². The number of amides is 1. The molecule has 2 rings (SSSR count). The van der Waals surface area contributed by atoms with Gasteiger partial charge in [0.25, 0.3) is 15.0 Å². The summed E-state index contributed by atoms with van der Waals surface area (Å²) >= 11 is 11.7. The van der Waals surface area contributed by atoms with Crippen LogP contribution in [0.25, 0.3) is 0 Å². The third kappa shape index (κ3) is 4.54. The summed E-state index contributed by atoms with van der Waals surface area (Å²) in [5.41, 5.74) is 0.516. The van der Waals surface area contributed by atoms with E-state index < -0.39 is 15.0 Å². The average molecular weight is 409 g/mol. The molecule has 1 N–H and O–H groups in total. The van der Waals surface area contributed by atoms with Gasteiger partial charge in [0, 0.05) is 21.9 Å². The minimum Gasteiger partial charge on any atom is -0.492 e. The number of hydrogen-bond donors (Lipinski definition) is 1. The van der Waals surface area contributed by atoms with Crippen molar-refractivity contribution >= 4 is 54.5 Å². The summed E-state index contributed by atoms with van der Waals surface area (Å²) < 4.78 is 28.5. The summed E-state index contributed by atoms with van der Waals surface area (Å²) in [6, 6.07) is 8.55. The second-order valence-electron chi connectivity index (χ2n) is 4.62. The zero-order chi connectivity index (χ0) is 17.9. The van der Waals surface area contributed by atoms with Crippen molar-refractivity contribution in [1.82, 2.24) is 0 Å². The summed E-state index contributed by atoms with van der Waals surface area (Å²) in [5.74, 6) is -0.365. The molecule has 0 bridgehead atoms. The summed E-state index contributed by atoms with van der Waals surface area (Å²) in [6.07, 6.45) is 0. The average Bonchev–Trinajstić information content (AvgIpc) is 2.50. The Labute approximate surface area is 153 Å². The molecule has 5 nitrogen and oxygen atoms in total. The van der Waals surface area contributed by atoms with E-state index in [0.29, 0.717) is 5.02 Å². The first-order chi connectivity index (χ1) is 11.2. The first-order valence-corrected chi connectivity index (χ1v) is 9.77. The Morgan fingerprint density at radius 1 is 1.12 bits per heavy atom. The lowest BCUT2D eigenvalue weighted by molar-refractivity contribution is 0.102. The molecule has 0 aromatic heterocycles. The number of benzene rings is 2. The number of nitrogens with one attached hydrogen (secondary N) is 1. The summed E-state index contributed by atoms with van der Waals surface area (Å²) in [5, 5.41) is 3.13. The molecule has 2 aromatic carbocycles. The fourth-order valence-corrected chi connectivity index (χ4v) is 3.19. The molecule has 128 valence electrons. The standard InChI is InChI=1S/C15H12Cl3NO4S/c1-2-23-13-6-4-10(8-14(13)24(18,21)22)19-15(20)9-3-5-11(16)12(17)7-9/h3-8H,2H2,1H3,(H,19,20). The molecule has 0 unspecified atom stereocenters. The number of carbonyl (C=O) groups excluding carboxylic acids is 1. The van der Waals surface area contributed by atoms with Crippen LogP contribution >= 0.6 is 33.9 Å². The van der Waals surface area contributed by atoms with Crippen LogP contribution in [0.4, 0.5) is 5.69 Å². The molecule has 1 amide bonds. The van der Waals surface area contributed by atoms with E-state index >= 15 is 0 Å². The summed E-state index contributed by atoms with van der Waals surface area (Å²) in [7, 11) is 1.38. The Morgan fingerprint density at radius 3 is 2.42 bits per heavy atom. The lowest BCUT2D eigenvalue weighted by atomic mass is 10.2. The van der Waals surface area contributed by atoms with Crippen molar-refractivity contribution in [2.75, 3.05) is 11.9 Å². The third-order valence-electron chi connectivity index (χ3n) is 2.95. The van der Waals surface area contributed by atoms with Gasteiger partial charge in [0.1, 0.15) is 10.6 Å². The van der Waals surface area contributed by atoms with Crippen LogP contribution in [0.3, 0.4) is 0 Å². The van der Waals surface area contributed by atoms with Gasteiger partial charge in [-0.25, -0.2) is 8.42 Å². The van der Waals surface area contributed by atoms with E-state index in [9.17, 15) is 13.2 Å². The van der Waals surface area contributed by atoms with Gasteiger partial charge >= 0.3 is 0 Å². The van der Waals surface area contributed by atoms with Crippen molar-refractivity contribution in [1.29, 1.82) is 0 Å². The Kier molecular flexibility index (Phi) is 5.98. The maximum absolute atomic E-state index is 12.2. The quantitative estimate of drug-likeness (QED) is 0.735. The lowest BCUT2D eigenvalue weighted by Gasteiger charge is -2.11. The van der Waals surface area contributed by atoms with Crippen molar-refractivity contribution in [3.8, 4) is 5.75 Å². The molecule has 0 aliphatic heterocycles. The molecular formula is C15H12Cl3NO4S. The summed E-state index contributed by atoms with van der Waals surface area (Å²) in [4.78, 5) is 12.0. The Hall–Kier alpha value is -1.47. The Morgan fingerprint density at radius 2 is 1.83 bits per heavy atom. The molecule has 0 heterocycles. The van der Waals surface area contributed by atoms with Crippen molar-refractivity contribution in [3.63, 3.8) is 0 Å². The fraction of sp³-hybridized carbons (Fsp3) is 0.133. The highest BCUT2D eigenvalue weighted by Crippen LogP contribution is 2.30. The van der Waals surface area contributed by atoms with Gasteiger partial charge in [0.15, 0.2) is 0 Å². The largest absolute Gasteiger partial charge is 0.492 e. The summed E-state index contributed by atoms with van der Waals surface area (Å²) in [6.45, 7) is 1.99. The van der Waals surface area contributed by atoms with Gasteiger partial charge in [-0.05, 0) is 43.3 Å². The van der Waals surface area contributed by atoms with Gasteiger partial charge in [-0.3, -0.25) is 4.79 Å². The van der Waals surface area contributed by atoms with Crippen LogP contribution in [0.5, 0.6) is 5.75 Å². The number of carbonyl (C=O) groups is 1. The van der Waals surface area contributed by atoms with E-state index in [1.54, 1.807) is 6.92 Å². The zero-order valence-electron chi connectivity index (χ0n) is 12.3. The minimum absolute atomic E-state index is 0.111. The van der Waals surface area contributed by atoms with E-state index in [4.69, 9.17) is 38.6 Å². The Balaban J connectivity index is 2.32. The fourth-order valence-electron chi connectivity index (χ4n) is 1.89. The molecule has 0 atom stereocenters. The maximum atomic E-state index is 12.2. The van der Waals surface area contributed by atoms with E-state index in [1.165, 1.54) is 36.4 Å². The maximum Gasteiger partial charge on any atom is 0.265 e. The van der Waals surface area contributed by atoms with Gasteiger partial charge in [0.2, 0.25) is 0 Å². The molecule has 0 saturated carbocycles. The molecule has 0 aliphatic carbocycles. The molecule has 2 aromatic rings. The van der Waals surface area contributed by atoms with Crippen molar-refractivity contribution in [3.05, 3.63) is 52.0 Å². The van der Waals surface area contributed by atoms with Crippen molar-refractivity contribution in [2.24, 2.45) is 0 Å². The Bertz CT molecular complexity index is 884. The smallest absolute Gasteiger partial charge is 0.265 e. The van der Waals surface area contributed by atoms with Crippen molar-refractivity contribution < 1.29 is 17.9 Å². The normalized spacial score (nSPS) is 11.2. The molecular weight excluding hydrogens is 397 g/mol. The van der Waals surface area contributed by atoms with Crippen LogP contribution in [-0.2, 0) is 9.05 Å². The van der Waals surface area contributed by atoms with Gasteiger partial charge in [-0.15, -0.1) is 0 Å². The van der Waals surface area contributed by atoms with Gasteiger partial charge in [-0.2, -0.15) is 0 Å². The lowest BCUT2D eigenvalue weighted by Crippen LogP contribution is -2.12. The number of hydrogen-bond acceptors (Lipinski definition) is 4. The molecule has 0 aliphatic rings. The minimum atomic E-state index is -4.03. The topological polar surface area (TPSA) is 72.5 Å². The highest BCUT2D eigenvalue weighted by molar-refractivity contribution is 8.13. The van der Waals surface area contributed by atoms with Crippen LogP contribution in [-0.4, -0.2) is 20.9 Å². The first-order valence-electron chi connectivity index (χ1n) is 6.70. The monoisotopic (exact) mass is 407 g/mol. The predicted octanol–water partition coefficient (Wildman–Crippen LogP) is 4.57. The number of rotatable bonds is 5. The van der Waals surface area contributed by atoms with E-state index in [1.807, 2.05) is 0 Å². The number of halogens is 3. The highest BCUT2D eigenvalue weighted by atomic mass is 35.7. The molecule has 0 spiro atoms. The molecule has 24 heavy (non-hydrogen) atoms. The van der Waals surface area contributed by atoms with Gasteiger partial charge in [-0.1, -0.05) is 23.2 Å². The zero-order valence-corrected chi connectivity index (χ0v) is 15.4. The second kappa shape index (κ2) is 7.61. The first kappa shape index (κ1) is 18.9. The van der Waals surface area contributed by atoms with Crippen LogP contribution in [0.1, 0.15) is 17.3 Å². The molecule has 0 saturated heterocycles. The predicted molar refractivity (Wildman–Crippen MR) is 95.1 cm³/mol. The van der Waals surface area contributed by atoms with Crippen LogP contribution in [0, 0.1) is 0 Å². The molecule has 0 fully saturated rings. The second-order valence-corrected chi connectivity index (χ2v) is 7.96. The third-order valence-corrected chi connectivity index (χ3v) is 5.03. The number of ether oxygens (including phenoxy) is 1. The van der Waals surface area contributed by atoms with E-state index in [0.717, 1.165) is 0 Å². The SMILES string of the molecule is CCOc1ccc(NC(=O)c2ccc(Cl)c(Cl)c2)cc1S(=O)(=O)Cl. The van der Waals surface area contributed by atoms with Crippen LogP contribution in [0.2, 0.25) is 10.0 Å². The number of anilines is 1.